The zero-order valence-corrected chi connectivity index (χ0v) is 17.6. The molecular formula is C23H25N5O3. The summed E-state index contributed by atoms with van der Waals surface area (Å²) in [6, 6.07) is 11.7. The van der Waals surface area contributed by atoms with Gasteiger partial charge in [0.1, 0.15) is 23.3 Å². The lowest BCUT2D eigenvalue weighted by Gasteiger charge is -2.13. The Labute approximate surface area is 180 Å². The van der Waals surface area contributed by atoms with Gasteiger partial charge in [-0.05, 0) is 55.8 Å². The molecule has 3 heterocycles. The first-order valence-corrected chi connectivity index (χ1v) is 10.1. The molecule has 0 fully saturated rings. The Hall–Kier alpha value is -3.49. The van der Waals surface area contributed by atoms with E-state index >= 15 is 0 Å². The van der Waals surface area contributed by atoms with Gasteiger partial charge in [-0.3, -0.25) is 4.98 Å². The van der Waals surface area contributed by atoms with E-state index in [0.717, 1.165) is 33.7 Å². The molecular weight excluding hydrogens is 394 g/mol. The van der Waals surface area contributed by atoms with Crippen molar-refractivity contribution in [2.45, 2.75) is 20.4 Å². The molecule has 8 nitrogen and oxygen atoms in total. The molecule has 31 heavy (non-hydrogen) atoms. The van der Waals surface area contributed by atoms with Gasteiger partial charge in [0.05, 0.1) is 31.5 Å². The second-order valence-corrected chi connectivity index (χ2v) is 7.14. The number of aliphatic hydroxyl groups excluding tert-OH is 1. The maximum absolute atomic E-state index is 8.87. The minimum atomic E-state index is 0.0157. The summed E-state index contributed by atoms with van der Waals surface area (Å²) in [4.78, 5) is 13.1. The van der Waals surface area contributed by atoms with Crippen LogP contribution in [0.25, 0.3) is 11.0 Å². The molecule has 0 aliphatic heterocycles. The summed E-state index contributed by atoms with van der Waals surface area (Å²) in [5, 5.41) is 12.3. The second kappa shape index (κ2) is 9.55. The zero-order chi connectivity index (χ0) is 21.6. The predicted molar refractivity (Wildman–Crippen MR) is 119 cm³/mol. The van der Waals surface area contributed by atoms with Crippen molar-refractivity contribution >= 4 is 22.5 Å². The molecule has 2 N–H and O–H groups in total. The number of rotatable bonds is 9. The van der Waals surface area contributed by atoms with Crippen LogP contribution in [0.1, 0.15) is 11.3 Å². The van der Waals surface area contributed by atoms with Crippen LogP contribution < -0.4 is 10.1 Å². The Bertz CT molecular complexity index is 1160. The summed E-state index contributed by atoms with van der Waals surface area (Å²) in [5.74, 6) is 2.19. The predicted octanol–water partition coefficient (Wildman–Crippen LogP) is 3.99. The van der Waals surface area contributed by atoms with Gasteiger partial charge in [0.25, 0.3) is 0 Å². The number of hydrogen-bond donors (Lipinski definition) is 2. The molecule has 0 aliphatic rings. The molecule has 8 heteroatoms. The Morgan fingerprint density at radius 1 is 1.03 bits per heavy atom. The molecule has 0 unspecified atom stereocenters. The fraction of sp³-hybridized carbons (Fsp3) is 0.261. The molecule has 4 rings (SSSR count). The third-order valence-corrected chi connectivity index (χ3v) is 4.81. The fourth-order valence-corrected chi connectivity index (χ4v) is 3.26. The highest BCUT2D eigenvalue weighted by Gasteiger charge is 2.11. The van der Waals surface area contributed by atoms with E-state index in [1.54, 1.807) is 12.5 Å². The molecule has 160 valence electrons. The lowest BCUT2D eigenvalue weighted by molar-refractivity contribution is 0.0875. The minimum absolute atomic E-state index is 0.0157. The van der Waals surface area contributed by atoms with E-state index in [1.807, 2.05) is 61.0 Å². The van der Waals surface area contributed by atoms with Crippen molar-refractivity contribution in [2.75, 3.05) is 25.1 Å². The van der Waals surface area contributed by atoms with Gasteiger partial charge in [-0.25, -0.2) is 9.97 Å². The summed E-state index contributed by atoms with van der Waals surface area (Å²) in [7, 11) is 0. The molecule has 0 radical (unpaired) electrons. The van der Waals surface area contributed by atoms with E-state index in [-0.39, 0.29) is 6.61 Å². The fourth-order valence-electron chi connectivity index (χ4n) is 3.26. The number of aryl methyl sites for hydroxylation is 2. The van der Waals surface area contributed by atoms with Crippen LogP contribution in [0.2, 0.25) is 0 Å². The normalized spacial score (nSPS) is 11.1. The highest BCUT2D eigenvalue weighted by Crippen LogP contribution is 2.29. The first-order valence-electron chi connectivity index (χ1n) is 10.1. The number of fused-ring (bicyclic) bond motifs is 1. The van der Waals surface area contributed by atoms with E-state index in [0.29, 0.717) is 31.3 Å². The number of ether oxygens (including phenoxy) is 2. The summed E-state index contributed by atoms with van der Waals surface area (Å²) in [5.41, 5.74) is 4.59. The topological polar surface area (TPSA) is 94.3 Å². The third kappa shape index (κ3) is 4.99. The Kier molecular flexibility index (Phi) is 6.40. The maximum atomic E-state index is 8.87. The van der Waals surface area contributed by atoms with Crippen LogP contribution in [0.3, 0.4) is 0 Å². The average molecular weight is 419 g/mol. The monoisotopic (exact) mass is 419 g/mol. The highest BCUT2D eigenvalue weighted by atomic mass is 16.5. The van der Waals surface area contributed by atoms with Gasteiger partial charge < -0.3 is 24.5 Å². The molecule has 0 saturated carbocycles. The maximum Gasteiger partial charge on any atom is 0.158 e. The number of pyridine rings is 1. The second-order valence-electron chi connectivity index (χ2n) is 7.14. The van der Waals surface area contributed by atoms with E-state index < -0.39 is 0 Å². The quantitative estimate of drug-likeness (QED) is 0.396. The van der Waals surface area contributed by atoms with Crippen molar-refractivity contribution in [1.29, 1.82) is 0 Å². The van der Waals surface area contributed by atoms with Crippen molar-refractivity contribution in [3.63, 3.8) is 0 Å². The van der Waals surface area contributed by atoms with E-state index in [1.165, 1.54) is 0 Å². The van der Waals surface area contributed by atoms with Gasteiger partial charge in [0.15, 0.2) is 5.82 Å². The zero-order valence-electron chi connectivity index (χ0n) is 17.6. The molecule has 0 saturated heterocycles. The highest BCUT2D eigenvalue weighted by molar-refractivity contribution is 5.88. The van der Waals surface area contributed by atoms with Crippen LogP contribution in [0, 0.1) is 13.8 Å². The van der Waals surface area contributed by atoms with Gasteiger partial charge in [-0.15, -0.1) is 0 Å². The molecule has 0 bridgehead atoms. The van der Waals surface area contributed by atoms with E-state index in [2.05, 4.69) is 20.3 Å². The van der Waals surface area contributed by atoms with Crippen LogP contribution in [-0.2, 0) is 11.3 Å². The van der Waals surface area contributed by atoms with Crippen LogP contribution in [0.4, 0.5) is 11.5 Å². The lowest BCUT2D eigenvalue weighted by Crippen LogP contribution is -2.09. The number of nitrogens with zero attached hydrogens (tertiary/aromatic N) is 4. The number of hydrogen-bond acceptors (Lipinski definition) is 7. The van der Waals surface area contributed by atoms with Gasteiger partial charge in [-0.1, -0.05) is 0 Å². The van der Waals surface area contributed by atoms with Crippen molar-refractivity contribution in [3.8, 4) is 11.5 Å². The first-order chi connectivity index (χ1) is 15.1. The summed E-state index contributed by atoms with van der Waals surface area (Å²) in [6.45, 7) is 5.42. The number of aromatic nitrogens is 4. The summed E-state index contributed by atoms with van der Waals surface area (Å²) < 4.78 is 13.4. The average Bonchev–Trinajstić information content (AvgIpc) is 3.19. The van der Waals surface area contributed by atoms with Crippen LogP contribution >= 0.6 is 0 Å². The van der Waals surface area contributed by atoms with Crippen LogP contribution in [0.15, 0.2) is 55.1 Å². The Morgan fingerprint density at radius 3 is 2.71 bits per heavy atom. The van der Waals surface area contributed by atoms with E-state index in [4.69, 9.17) is 14.6 Å². The minimum Gasteiger partial charge on any atom is -0.455 e. The Morgan fingerprint density at radius 2 is 1.94 bits per heavy atom. The van der Waals surface area contributed by atoms with Gasteiger partial charge in [-0.2, -0.15) is 0 Å². The van der Waals surface area contributed by atoms with Crippen LogP contribution in [-0.4, -0.2) is 44.4 Å². The summed E-state index contributed by atoms with van der Waals surface area (Å²) >= 11 is 0. The van der Waals surface area contributed by atoms with Gasteiger partial charge in [0, 0.05) is 24.1 Å². The number of benzene rings is 1. The van der Waals surface area contributed by atoms with Crippen LogP contribution in [0.5, 0.6) is 11.5 Å². The SMILES string of the molecule is Cc1ccc(Oc2ccc(Nc3ncnc4ccn(CCOCCO)c34)cc2C)cn1. The number of nitrogens with one attached hydrogen (secondary N) is 1. The number of aliphatic hydroxyl groups is 1. The first kappa shape index (κ1) is 20.8. The molecule has 0 aliphatic carbocycles. The molecule has 4 aromatic rings. The van der Waals surface area contributed by atoms with Gasteiger partial charge in [0.2, 0.25) is 0 Å². The van der Waals surface area contributed by atoms with Gasteiger partial charge >= 0.3 is 0 Å². The molecule has 0 atom stereocenters. The van der Waals surface area contributed by atoms with Crippen molar-refractivity contribution in [2.24, 2.45) is 0 Å². The van der Waals surface area contributed by atoms with E-state index in [9.17, 15) is 0 Å². The Balaban J connectivity index is 1.52. The summed E-state index contributed by atoms with van der Waals surface area (Å²) in [6.07, 6.45) is 5.23. The molecule has 3 aromatic heterocycles. The largest absolute Gasteiger partial charge is 0.455 e. The van der Waals surface area contributed by atoms with Crippen molar-refractivity contribution in [3.05, 3.63) is 66.4 Å². The smallest absolute Gasteiger partial charge is 0.158 e. The number of anilines is 2. The molecule has 0 amide bonds. The lowest BCUT2D eigenvalue weighted by atomic mass is 10.2. The molecule has 1 aromatic carbocycles. The van der Waals surface area contributed by atoms with Crippen molar-refractivity contribution in [1.82, 2.24) is 19.5 Å². The standard InChI is InChI=1S/C23H25N5O3/c1-16-13-18(4-6-21(16)31-19-5-3-17(2)24-14-19)27-23-22-20(25-15-26-23)7-8-28(22)9-11-30-12-10-29/h3-8,13-15,29H,9-12H2,1-2H3,(H,25,26,27). The third-order valence-electron chi connectivity index (χ3n) is 4.81. The van der Waals surface area contributed by atoms with Crippen molar-refractivity contribution < 1.29 is 14.6 Å². The molecule has 0 spiro atoms.